The molecule has 108 valence electrons. The van der Waals surface area contributed by atoms with Crippen LogP contribution in [0.1, 0.15) is 45.6 Å². The number of hydrogen-bond donors (Lipinski definition) is 1. The standard InChI is InChI=1S/C16H22N2O2/c1-16(2,3)20-15(19)18-13-9-7-12(8-10-13)14-6-4-5-11-17-14/h7-10H,4-6,11H2,1-3H3,(H,18,19). The molecule has 1 amide bonds. The average molecular weight is 274 g/mol. The molecule has 0 aliphatic carbocycles. The Labute approximate surface area is 120 Å². The van der Waals surface area contributed by atoms with Crippen LogP contribution in [0.2, 0.25) is 0 Å². The second-order valence-corrected chi connectivity index (χ2v) is 5.99. The van der Waals surface area contributed by atoms with Crippen LogP contribution in [0, 0.1) is 0 Å². The maximum Gasteiger partial charge on any atom is 0.412 e. The maximum atomic E-state index is 11.7. The Morgan fingerprint density at radius 1 is 1.20 bits per heavy atom. The number of nitrogens with one attached hydrogen (secondary N) is 1. The third-order valence-electron chi connectivity index (χ3n) is 2.99. The summed E-state index contributed by atoms with van der Waals surface area (Å²) in [6.45, 7) is 6.46. The van der Waals surface area contributed by atoms with Crippen LogP contribution in [-0.2, 0) is 4.74 Å². The highest BCUT2D eigenvalue weighted by Gasteiger charge is 2.16. The summed E-state index contributed by atoms with van der Waals surface area (Å²) in [7, 11) is 0. The first-order valence-corrected chi connectivity index (χ1v) is 7.08. The van der Waals surface area contributed by atoms with Gasteiger partial charge in [-0.1, -0.05) is 12.1 Å². The third kappa shape index (κ3) is 4.37. The van der Waals surface area contributed by atoms with Crippen molar-refractivity contribution in [3.63, 3.8) is 0 Å². The number of hydrogen-bond acceptors (Lipinski definition) is 3. The van der Waals surface area contributed by atoms with Gasteiger partial charge in [-0.3, -0.25) is 10.3 Å². The van der Waals surface area contributed by atoms with E-state index in [0.29, 0.717) is 0 Å². The maximum absolute atomic E-state index is 11.7. The Morgan fingerprint density at radius 2 is 1.90 bits per heavy atom. The highest BCUT2D eigenvalue weighted by molar-refractivity contribution is 6.01. The van der Waals surface area contributed by atoms with E-state index in [9.17, 15) is 4.79 Å². The molecule has 0 spiro atoms. The Bertz CT molecular complexity index is 498. The first-order chi connectivity index (χ1) is 9.44. The minimum atomic E-state index is -0.485. The molecule has 0 bridgehead atoms. The number of ether oxygens (including phenoxy) is 1. The fourth-order valence-corrected chi connectivity index (χ4v) is 2.10. The van der Waals surface area contributed by atoms with Crippen LogP contribution in [0.25, 0.3) is 0 Å². The quantitative estimate of drug-likeness (QED) is 0.886. The third-order valence-corrected chi connectivity index (χ3v) is 2.99. The van der Waals surface area contributed by atoms with Gasteiger partial charge in [0.05, 0.1) is 0 Å². The Kier molecular flexibility index (Phi) is 4.42. The number of carbonyl (C=O) groups excluding carboxylic acids is 1. The van der Waals surface area contributed by atoms with Crippen LogP contribution in [0.15, 0.2) is 29.3 Å². The zero-order chi connectivity index (χ0) is 14.6. The summed E-state index contributed by atoms with van der Waals surface area (Å²) in [5, 5.41) is 2.73. The predicted molar refractivity (Wildman–Crippen MR) is 81.6 cm³/mol. The lowest BCUT2D eigenvalue weighted by molar-refractivity contribution is 0.0636. The zero-order valence-corrected chi connectivity index (χ0v) is 12.4. The van der Waals surface area contributed by atoms with Crippen molar-refractivity contribution in [1.82, 2.24) is 0 Å². The number of aliphatic imine (C=N–C) groups is 1. The molecule has 1 aliphatic rings. The topological polar surface area (TPSA) is 50.7 Å². The largest absolute Gasteiger partial charge is 0.444 e. The molecule has 0 aromatic heterocycles. The lowest BCUT2D eigenvalue weighted by Crippen LogP contribution is -2.27. The predicted octanol–water partition coefficient (Wildman–Crippen LogP) is 4.01. The van der Waals surface area contributed by atoms with Gasteiger partial charge in [0, 0.05) is 17.9 Å². The second-order valence-electron chi connectivity index (χ2n) is 5.99. The summed E-state index contributed by atoms with van der Waals surface area (Å²) < 4.78 is 5.21. The monoisotopic (exact) mass is 274 g/mol. The molecule has 1 aromatic rings. The van der Waals surface area contributed by atoms with E-state index in [1.165, 1.54) is 18.6 Å². The van der Waals surface area contributed by atoms with Gasteiger partial charge >= 0.3 is 6.09 Å². The Morgan fingerprint density at radius 3 is 2.45 bits per heavy atom. The van der Waals surface area contributed by atoms with E-state index in [-0.39, 0.29) is 0 Å². The summed E-state index contributed by atoms with van der Waals surface area (Å²) in [6.07, 6.45) is 3.00. The summed E-state index contributed by atoms with van der Waals surface area (Å²) in [5.74, 6) is 0. The number of anilines is 1. The van der Waals surface area contributed by atoms with E-state index in [1.807, 2.05) is 45.0 Å². The van der Waals surface area contributed by atoms with E-state index in [1.54, 1.807) is 0 Å². The fourth-order valence-electron chi connectivity index (χ4n) is 2.10. The van der Waals surface area contributed by atoms with Gasteiger partial charge in [-0.2, -0.15) is 0 Å². The molecule has 2 rings (SSSR count). The Balaban J connectivity index is 1.98. The van der Waals surface area contributed by atoms with Gasteiger partial charge in [0.15, 0.2) is 0 Å². The number of carbonyl (C=O) groups is 1. The van der Waals surface area contributed by atoms with Gasteiger partial charge < -0.3 is 4.74 Å². The van der Waals surface area contributed by atoms with Crippen molar-refractivity contribution in [3.05, 3.63) is 29.8 Å². The number of amides is 1. The van der Waals surface area contributed by atoms with Crippen molar-refractivity contribution >= 4 is 17.5 Å². The van der Waals surface area contributed by atoms with E-state index < -0.39 is 11.7 Å². The van der Waals surface area contributed by atoms with Crippen molar-refractivity contribution in [1.29, 1.82) is 0 Å². The molecule has 20 heavy (non-hydrogen) atoms. The summed E-state index contributed by atoms with van der Waals surface area (Å²) in [6, 6.07) is 7.76. The van der Waals surface area contributed by atoms with Gasteiger partial charge in [-0.25, -0.2) is 4.79 Å². The van der Waals surface area contributed by atoms with E-state index in [4.69, 9.17) is 4.74 Å². The van der Waals surface area contributed by atoms with Crippen LogP contribution in [0.5, 0.6) is 0 Å². The second kappa shape index (κ2) is 6.07. The molecule has 0 saturated carbocycles. The number of benzene rings is 1. The van der Waals surface area contributed by atoms with Crippen molar-refractivity contribution in [3.8, 4) is 0 Å². The molecule has 4 nitrogen and oxygen atoms in total. The van der Waals surface area contributed by atoms with Gasteiger partial charge in [-0.05, 0) is 57.7 Å². The lowest BCUT2D eigenvalue weighted by Gasteiger charge is -2.19. The van der Waals surface area contributed by atoms with Gasteiger partial charge in [-0.15, -0.1) is 0 Å². The summed E-state index contributed by atoms with van der Waals surface area (Å²) >= 11 is 0. The van der Waals surface area contributed by atoms with Crippen molar-refractivity contribution < 1.29 is 9.53 Å². The van der Waals surface area contributed by atoms with Crippen LogP contribution in [0.4, 0.5) is 10.5 Å². The molecule has 1 heterocycles. The highest BCUT2D eigenvalue weighted by Crippen LogP contribution is 2.17. The van der Waals surface area contributed by atoms with Crippen molar-refractivity contribution in [2.45, 2.75) is 45.6 Å². The van der Waals surface area contributed by atoms with Crippen LogP contribution >= 0.6 is 0 Å². The minimum Gasteiger partial charge on any atom is -0.444 e. The molecule has 0 saturated heterocycles. The summed E-state index contributed by atoms with van der Waals surface area (Å²) in [4.78, 5) is 16.2. The smallest absolute Gasteiger partial charge is 0.412 e. The Hall–Kier alpha value is -1.84. The molecule has 0 unspecified atom stereocenters. The molecular weight excluding hydrogens is 252 g/mol. The van der Waals surface area contributed by atoms with Crippen LogP contribution in [-0.4, -0.2) is 24.0 Å². The zero-order valence-electron chi connectivity index (χ0n) is 12.4. The SMILES string of the molecule is CC(C)(C)OC(=O)Nc1ccc(C2=NCCCC2)cc1. The van der Waals surface area contributed by atoms with E-state index in [2.05, 4.69) is 10.3 Å². The van der Waals surface area contributed by atoms with Crippen molar-refractivity contribution in [2.75, 3.05) is 11.9 Å². The number of rotatable bonds is 2. The van der Waals surface area contributed by atoms with Crippen LogP contribution in [0.3, 0.4) is 0 Å². The molecule has 1 aromatic carbocycles. The molecule has 0 atom stereocenters. The first-order valence-electron chi connectivity index (χ1n) is 7.08. The minimum absolute atomic E-state index is 0.430. The molecular formula is C16H22N2O2. The fraction of sp³-hybridized carbons (Fsp3) is 0.500. The highest BCUT2D eigenvalue weighted by atomic mass is 16.6. The molecule has 1 N–H and O–H groups in total. The summed E-state index contributed by atoms with van der Waals surface area (Å²) in [5.41, 5.74) is 2.56. The van der Waals surface area contributed by atoms with Crippen LogP contribution < -0.4 is 5.32 Å². The van der Waals surface area contributed by atoms with Crippen molar-refractivity contribution in [2.24, 2.45) is 4.99 Å². The van der Waals surface area contributed by atoms with E-state index in [0.717, 1.165) is 24.2 Å². The first kappa shape index (κ1) is 14.6. The molecule has 4 heteroatoms. The molecule has 0 radical (unpaired) electrons. The molecule has 1 aliphatic heterocycles. The normalized spacial score (nSPS) is 15.4. The molecule has 0 fully saturated rings. The average Bonchev–Trinajstić information content (AvgIpc) is 2.38. The van der Waals surface area contributed by atoms with Gasteiger partial charge in [0.2, 0.25) is 0 Å². The van der Waals surface area contributed by atoms with Gasteiger partial charge in [0.25, 0.3) is 0 Å². The van der Waals surface area contributed by atoms with E-state index >= 15 is 0 Å². The number of nitrogens with zero attached hydrogens (tertiary/aromatic N) is 1. The van der Waals surface area contributed by atoms with Gasteiger partial charge in [0.1, 0.15) is 5.60 Å². The lowest BCUT2D eigenvalue weighted by atomic mass is 10.0.